The van der Waals surface area contributed by atoms with Gasteiger partial charge in [0, 0.05) is 18.7 Å². The molecule has 122 valence electrons. The number of nitrogens with zero attached hydrogens (tertiary/aromatic N) is 2. The first-order valence-corrected chi connectivity index (χ1v) is 7.82. The van der Waals surface area contributed by atoms with Crippen molar-refractivity contribution < 1.29 is 8.78 Å². The van der Waals surface area contributed by atoms with Crippen molar-refractivity contribution in [3.8, 4) is 0 Å². The third-order valence-corrected chi connectivity index (χ3v) is 4.09. The second-order valence-corrected chi connectivity index (χ2v) is 5.56. The minimum atomic E-state index is -0.563. The van der Waals surface area contributed by atoms with Crippen molar-refractivity contribution in [2.75, 3.05) is 26.2 Å². The molecule has 1 heterocycles. The first kappa shape index (κ1) is 16.7. The van der Waals surface area contributed by atoms with E-state index in [4.69, 9.17) is 5.73 Å². The van der Waals surface area contributed by atoms with Crippen LogP contribution in [0.4, 0.5) is 8.78 Å². The maximum Gasteiger partial charge on any atom is 0.188 e. The second-order valence-electron chi connectivity index (χ2n) is 5.56. The van der Waals surface area contributed by atoms with E-state index in [2.05, 4.69) is 22.1 Å². The van der Waals surface area contributed by atoms with Crippen molar-refractivity contribution >= 4 is 5.96 Å². The number of halogens is 2. The molecule has 1 aromatic rings. The predicted octanol–water partition coefficient (Wildman–Crippen LogP) is 1.90. The third kappa shape index (κ3) is 4.66. The van der Waals surface area contributed by atoms with Gasteiger partial charge in [-0.25, -0.2) is 8.78 Å². The summed E-state index contributed by atoms with van der Waals surface area (Å²) in [6, 6.07) is 4.08. The topological polar surface area (TPSA) is 53.6 Å². The molecule has 1 atom stereocenters. The van der Waals surface area contributed by atoms with Gasteiger partial charge in [-0.1, -0.05) is 13.0 Å². The minimum absolute atomic E-state index is 0.380. The molecule has 0 aromatic heterocycles. The molecule has 0 bridgehead atoms. The Bertz CT molecular complexity index is 519. The summed E-state index contributed by atoms with van der Waals surface area (Å²) in [6.07, 6.45) is 2.81. The lowest BCUT2D eigenvalue weighted by Crippen LogP contribution is -2.36. The largest absolute Gasteiger partial charge is 0.370 e. The molecule has 22 heavy (non-hydrogen) atoms. The standard InChI is InChI=1S/C16H24F2N4/c1-2-22-9-3-4-14(22)11-21-16(19)20-8-7-12-5-6-13(17)10-15(12)18/h5-6,10,14H,2-4,7-9,11H2,1H3,(H3,19,20,21). The molecule has 1 aliphatic rings. The lowest BCUT2D eigenvalue weighted by molar-refractivity contribution is 0.273. The Morgan fingerprint density at radius 3 is 3.00 bits per heavy atom. The monoisotopic (exact) mass is 310 g/mol. The van der Waals surface area contributed by atoms with Crippen molar-refractivity contribution in [1.29, 1.82) is 0 Å². The lowest BCUT2D eigenvalue weighted by Gasteiger charge is -2.20. The molecule has 2 rings (SSSR count). The molecular formula is C16H24F2N4. The minimum Gasteiger partial charge on any atom is -0.370 e. The molecule has 0 aliphatic carbocycles. The van der Waals surface area contributed by atoms with Gasteiger partial charge in [0.05, 0.1) is 6.54 Å². The van der Waals surface area contributed by atoms with Crippen LogP contribution in [-0.4, -0.2) is 43.1 Å². The Kier molecular flexibility index (Phi) is 6.12. The number of nitrogens with one attached hydrogen (secondary N) is 1. The summed E-state index contributed by atoms with van der Waals surface area (Å²) in [7, 11) is 0. The van der Waals surface area contributed by atoms with Crippen molar-refractivity contribution in [3.63, 3.8) is 0 Å². The molecule has 0 radical (unpaired) electrons. The van der Waals surface area contributed by atoms with Crippen LogP contribution >= 0.6 is 0 Å². The fourth-order valence-electron chi connectivity index (χ4n) is 2.83. The first-order chi connectivity index (χ1) is 10.6. The van der Waals surface area contributed by atoms with Crippen LogP contribution in [-0.2, 0) is 6.42 Å². The van der Waals surface area contributed by atoms with Gasteiger partial charge in [0.1, 0.15) is 11.6 Å². The van der Waals surface area contributed by atoms with Crippen LogP contribution in [0.2, 0.25) is 0 Å². The average molecular weight is 310 g/mol. The SMILES string of the molecule is CCN1CCCC1CN=C(N)NCCc1ccc(F)cc1F. The molecular weight excluding hydrogens is 286 g/mol. The van der Waals surface area contributed by atoms with Crippen LogP contribution in [0.15, 0.2) is 23.2 Å². The average Bonchev–Trinajstić information content (AvgIpc) is 2.95. The van der Waals surface area contributed by atoms with Gasteiger partial charge in [-0.2, -0.15) is 0 Å². The number of likely N-dealkylation sites (N-methyl/N-ethyl adjacent to an activating group) is 1. The number of guanidine groups is 1. The Balaban J connectivity index is 1.75. The Morgan fingerprint density at radius 2 is 2.27 bits per heavy atom. The number of hydrogen-bond acceptors (Lipinski definition) is 2. The number of likely N-dealkylation sites (tertiary alicyclic amines) is 1. The molecule has 0 amide bonds. The van der Waals surface area contributed by atoms with Crippen molar-refractivity contribution in [2.45, 2.75) is 32.2 Å². The number of hydrogen-bond donors (Lipinski definition) is 2. The van der Waals surface area contributed by atoms with Crippen LogP contribution in [0.5, 0.6) is 0 Å². The number of rotatable bonds is 6. The fourth-order valence-corrected chi connectivity index (χ4v) is 2.83. The summed E-state index contributed by atoms with van der Waals surface area (Å²) < 4.78 is 26.3. The van der Waals surface area contributed by atoms with E-state index >= 15 is 0 Å². The lowest BCUT2D eigenvalue weighted by atomic mass is 10.1. The van der Waals surface area contributed by atoms with Gasteiger partial charge in [0.15, 0.2) is 5.96 Å². The van der Waals surface area contributed by atoms with Crippen LogP contribution in [0.25, 0.3) is 0 Å². The molecule has 1 unspecified atom stereocenters. The highest BCUT2D eigenvalue weighted by molar-refractivity contribution is 5.77. The zero-order chi connectivity index (χ0) is 15.9. The third-order valence-electron chi connectivity index (χ3n) is 4.09. The summed E-state index contributed by atoms with van der Waals surface area (Å²) >= 11 is 0. The maximum atomic E-state index is 13.5. The summed E-state index contributed by atoms with van der Waals surface area (Å²) in [5, 5.41) is 2.98. The van der Waals surface area contributed by atoms with Crippen molar-refractivity contribution in [2.24, 2.45) is 10.7 Å². The van der Waals surface area contributed by atoms with Gasteiger partial charge in [0.25, 0.3) is 0 Å². The number of aliphatic imine (C=N–C) groups is 1. The molecule has 0 spiro atoms. The van der Waals surface area contributed by atoms with Gasteiger partial charge >= 0.3 is 0 Å². The van der Waals surface area contributed by atoms with Crippen LogP contribution in [0.1, 0.15) is 25.3 Å². The Morgan fingerprint density at radius 1 is 1.45 bits per heavy atom. The van der Waals surface area contributed by atoms with E-state index < -0.39 is 11.6 Å². The molecule has 1 saturated heterocycles. The molecule has 0 saturated carbocycles. The van der Waals surface area contributed by atoms with Crippen LogP contribution < -0.4 is 11.1 Å². The normalized spacial score (nSPS) is 19.6. The van der Waals surface area contributed by atoms with Crippen LogP contribution in [0.3, 0.4) is 0 Å². The molecule has 4 nitrogen and oxygen atoms in total. The summed E-state index contributed by atoms with van der Waals surface area (Å²) in [5.74, 6) is -0.709. The van der Waals surface area contributed by atoms with Gasteiger partial charge in [-0.15, -0.1) is 0 Å². The smallest absolute Gasteiger partial charge is 0.188 e. The second kappa shape index (κ2) is 8.08. The van der Waals surface area contributed by atoms with E-state index in [0.717, 1.165) is 25.6 Å². The summed E-state index contributed by atoms with van der Waals surface area (Å²) in [6.45, 7) is 5.49. The highest BCUT2D eigenvalue weighted by atomic mass is 19.1. The first-order valence-electron chi connectivity index (χ1n) is 7.82. The van der Waals surface area contributed by atoms with E-state index in [0.29, 0.717) is 37.1 Å². The van der Waals surface area contributed by atoms with Gasteiger partial charge in [-0.3, -0.25) is 9.89 Å². The Labute approximate surface area is 130 Å². The summed E-state index contributed by atoms with van der Waals surface area (Å²) in [5.41, 5.74) is 6.30. The van der Waals surface area contributed by atoms with E-state index in [9.17, 15) is 8.78 Å². The fraction of sp³-hybridized carbons (Fsp3) is 0.562. The molecule has 1 fully saturated rings. The highest BCUT2D eigenvalue weighted by Gasteiger charge is 2.22. The zero-order valence-corrected chi connectivity index (χ0v) is 13.0. The van der Waals surface area contributed by atoms with Crippen molar-refractivity contribution in [3.05, 3.63) is 35.4 Å². The summed E-state index contributed by atoms with van der Waals surface area (Å²) in [4.78, 5) is 6.77. The van der Waals surface area contributed by atoms with E-state index in [-0.39, 0.29) is 0 Å². The number of benzene rings is 1. The van der Waals surface area contributed by atoms with E-state index in [1.54, 1.807) is 0 Å². The van der Waals surface area contributed by atoms with E-state index in [1.165, 1.54) is 18.6 Å². The quantitative estimate of drug-likeness (QED) is 0.623. The maximum absolute atomic E-state index is 13.5. The Hall–Kier alpha value is -1.69. The van der Waals surface area contributed by atoms with Gasteiger partial charge < -0.3 is 11.1 Å². The molecule has 1 aromatic carbocycles. The van der Waals surface area contributed by atoms with Crippen LogP contribution in [0, 0.1) is 11.6 Å². The molecule has 3 N–H and O–H groups in total. The molecule has 1 aliphatic heterocycles. The highest BCUT2D eigenvalue weighted by Crippen LogP contribution is 2.16. The predicted molar refractivity (Wildman–Crippen MR) is 84.8 cm³/mol. The molecule has 6 heteroatoms. The zero-order valence-electron chi connectivity index (χ0n) is 13.0. The number of nitrogens with two attached hydrogens (primary N) is 1. The van der Waals surface area contributed by atoms with Gasteiger partial charge in [0.2, 0.25) is 0 Å². The van der Waals surface area contributed by atoms with Crippen molar-refractivity contribution in [1.82, 2.24) is 10.2 Å². The van der Waals surface area contributed by atoms with Gasteiger partial charge in [-0.05, 0) is 44.0 Å². The van der Waals surface area contributed by atoms with E-state index in [1.807, 2.05) is 0 Å².